The van der Waals surface area contributed by atoms with Crippen molar-refractivity contribution in [1.29, 1.82) is 0 Å². The van der Waals surface area contributed by atoms with Gasteiger partial charge in [-0.3, -0.25) is 9.36 Å². The second-order valence-corrected chi connectivity index (χ2v) is 8.73. The maximum atomic E-state index is 13.7. The highest BCUT2D eigenvalue weighted by atomic mass is 16.5. The van der Waals surface area contributed by atoms with Crippen LogP contribution in [0.5, 0.6) is 5.75 Å². The molecular formula is C27H29N5O2. The van der Waals surface area contributed by atoms with Gasteiger partial charge in [-0.1, -0.05) is 36.3 Å². The number of anilines is 1. The number of methoxy groups -OCH3 is 1. The van der Waals surface area contributed by atoms with Crippen LogP contribution in [-0.4, -0.2) is 40.4 Å². The number of pyridine rings is 1. The minimum absolute atomic E-state index is 0.0737. The summed E-state index contributed by atoms with van der Waals surface area (Å²) in [5.74, 6) is 7.67. The number of rotatable bonds is 5. The van der Waals surface area contributed by atoms with Gasteiger partial charge in [0.05, 0.1) is 25.7 Å². The van der Waals surface area contributed by atoms with Crippen molar-refractivity contribution in [2.24, 2.45) is 5.73 Å². The first-order valence-corrected chi connectivity index (χ1v) is 11.6. The summed E-state index contributed by atoms with van der Waals surface area (Å²) in [6.07, 6.45) is 3.85. The third kappa shape index (κ3) is 3.91. The van der Waals surface area contributed by atoms with Crippen LogP contribution in [-0.2, 0) is 13.1 Å². The van der Waals surface area contributed by atoms with E-state index in [-0.39, 0.29) is 11.6 Å². The monoisotopic (exact) mass is 455 g/mol. The Bertz CT molecular complexity index is 1470. The number of imidazole rings is 1. The number of hydrogen-bond acceptors (Lipinski definition) is 5. The molecule has 2 aromatic carbocycles. The molecule has 1 aliphatic rings. The second-order valence-electron chi connectivity index (χ2n) is 8.73. The average molecular weight is 456 g/mol. The maximum Gasteiger partial charge on any atom is 0.277 e. The van der Waals surface area contributed by atoms with Crippen molar-refractivity contribution in [3.63, 3.8) is 0 Å². The van der Waals surface area contributed by atoms with Crippen molar-refractivity contribution in [3.8, 4) is 17.6 Å². The highest BCUT2D eigenvalue weighted by Crippen LogP contribution is 2.29. The summed E-state index contributed by atoms with van der Waals surface area (Å²) in [5.41, 5.74) is 8.48. The van der Waals surface area contributed by atoms with E-state index in [1.807, 2.05) is 54.1 Å². The first kappa shape index (κ1) is 22.1. The van der Waals surface area contributed by atoms with Gasteiger partial charge in [-0.2, -0.15) is 0 Å². The molecule has 1 atom stereocenters. The van der Waals surface area contributed by atoms with Crippen LogP contribution in [0.3, 0.4) is 0 Å². The molecule has 0 amide bonds. The molecular weight excluding hydrogens is 426 g/mol. The Morgan fingerprint density at radius 1 is 1.18 bits per heavy atom. The molecule has 0 bridgehead atoms. The Hall–Kier alpha value is -3.76. The van der Waals surface area contributed by atoms with E-state index < -0.39 is 0 Å². The maximum absolute atomic E-state index is 13.7. The highest BCUT2D eigenvalue weighted by Gasteiger charge is 2.24. The van der Waals surface area contributed by atoms with Crippen molar-refractivity contribution >= 4 is 27.8 Å². The van der Waals surface area contributed by atoms with E-state index in [1.165, 1.54) is 0 Å². The van der Waals surface area contributed by atoms with Gasteiger partial charge in [0.15, 0.2) is 0 Å². The van der Waals surface area contributed by atoms with Crippen molar-refractivity contribution < 1.29 is 4.74 Å². The number of benzene rings is 2. The number of fused-ring (bicyclic) bond motifs is 2. The molecule has 3 heterocycles. The molecule has 0 radical (unpaired) electrons. The van der Waals surface area contributed by atoms with E-state index in [1.54, 1.807) is 11.7 Å². The quantitative estimate of drug-likeness (QED) is 0.467. The summed E-state index contributed by atoms with van der Waals surface area (Å²) in [7, 11) is 1.67. The summed E-state index contributed by atoms with van der Waals surface area (Å²) in [4.78, 5) is 20.8. The number of nitrogens with two attached hydrogens (primary N) is 1. The van der Waals surface area contributed by atoms with Crippen LogP contribution in [0.4, 0.5) is 5.95 Å². The van der Waals surface area contributed by atoms with Gasteiger partial charge in [0.2, 0.25) is 5.95 Å². The Balaban J connectivity index is 1.61. The molecule has 7 heteroatoms. The molecule has 5 rings (SSSR count). The smallest absolute Gasteiger partial charge is 0.277 e. The van der Waals surface area contributed by atoms with Gasteiger partial charge in [-0.05, 0) is 42.8 Å². The van der Waals surface area contributed by atoms with Gasteiger partial charge >= 0.3 is 0 Å². The lowest BCUT2D eigenvalue weighted by Crippen LogP contribution is -2.44. The fourth-order valence-electron chi connectivity index (χ4n) is 4.86. The predicted molar refractivity (Wildman–Crippen MR) is 136 cm³/mol. The average Bonchev–Trinajstić information content (AvgIpc) is 3.24. The van der Waals surface area contributed by atoms with Crippen LogP contribution < -0.4 is 20.9 Å². The van der Waals surface area contributed by atoms with Crippen LogP contribution in [0.1, 0.15) is 25.3 Å². The number of piperidine rings is 1. The molecule has 1 unspecified atom stereocenters. The first-order valence-electron chi connectivity index (χ1n) is 11.6. The normalized spacial score (nSPS) is 16.0. The largest absolute Gasteiger partial charge is 0.496 e. The second kappa shape index (κ2) is 9.24. The molecule has 1 fully saturated rings. The number of nitrogens with zero attached hydrogens (tertiary/aromatic N) is 4. The Kier molecular flexibility index (Phi) is 5.99. The topological polar surface area (TPSA) is 78.3 Å². The zero-order chi connectivity index (χ0) is 23.7. The lowest BCUT2D eigenvalue weighted by molar-refractivity contribution is 0.419. The van der Waals surface area contributed by atoms with Crippen LogP contribution in [0.25, 0.3) is 21.8 Å². The van der Waals surface area contributed by atoms with Gasteiger partial charge in [-0.25, -0.2) is 4.98 Å². The Morgan fingerprint density at radius 3 is 2.76 bits per heavy atom. The van der Waals surface area contributed by atoms with Crippen LogP contribution in [0, 0.1) is 11.8 Å². The summed E-state index contributed by atoms with van der Waals surface area (Å²) < 4.78 is 9.23. The minimum Gasteiger partial charge on any atom is -0.496 e. The zero-order valence-electron chi connectivity index (χ0n) is 19.6. The van der Waals surface area contributed by atoms with Crippen LogP contribution in [0.2, 0.25) is 0 Å². The van der Waals surface area contributed by atoms with Gasteiger partial charge in [-0.15, -0.1) is 5.92 Å². The standard InChI is InChI=1S/C27H29N5O2/c1-3-4-15-32-25-23(29-27(32)31-14-7-8-20(28)18-31)13-16-30(26(25)33)17-19-11-12-24(34-2)22-10-6-5-9-21(19)22/h5-6,9-13,16,20H,7-8,14-15,17-18,28H2,1-2H3. The number of ether oxygens (including phenoxy) is 1. The van der Waals surface area contributed by atoms with E-state index >= 15 is 0 Å². The molecule has 0 saturated carbocycles. The summed E-state index contributed by atoms with van der Waals surface area (Å²) >= 11 is 0. The molecule has 7 nitrogen and oxygen atoms in total. The molecule has 2 N–H and O–H groups in total. The summed E-state index contributed by atoms with van der Waals surface area (Å²) in [6.45, 7) is 4.28. The molecule has 174 valence electrons. The fourth-order valence-corrected chi connectivity index (χ4v) is 4.86. The van der Waals surface area contributed by atoms with Crippen molar-refractivity contribution in [1.82, 2.24) is 14.1 Å². The molecule has 4 aromatic rings. The zero-order valence-corrected chi connectivity index (χ0v) is 19.6. The van der Waals surface area contributed by atoms with E-state index in [0.717, 1.165) is 54.0 Å². The van der Waals surface area contributed by atoms with Crippen molar-refractivity contribution in [3.05, 3.63) is 64.6 Å². The molecule has 0 spiro atoms. The number of aromatic nitrogens is 3. The Morgan fingerprint density at radius 2 is 2.00 bits per heavy atom. The molecule has 2 aromatic heterocycles. The van der Waals surface area contributed by atoms with E-state index in [4.69, 9.17) is 15.5 Å². The van der Waals surface area contributed by atoms with Crippen molar-refractivity contribution in [2.45, 2.75) is 38.9 Å². The third-order valence-corrected chi connectivity index (χ3v) is 6.54. The minimum atomic E-state index is -0.0737. The summed E-state index contributed by atoms with van der Waals surface area (Å²) in [6, 6.07) is 14.1. The Labute approximate surface area is 198 Å². The van der Waals surface area contributed by atoms with Gasteiger partial charge in [0.1, 0.15) is 11.3 Å². The lowest BCUT2D eigenvalue weighted by Gasteiger charge is -2.31. The molecule has 0 aliphatic carbocycles. The lowest BCUT2D eigenvalue weighted by atomic mass is 10.0. The summed E-state index contributed by atoms with van der Waals surface area (Å²) in [5, 5.41) is 2.10. The van der Waals surface area contributed by atoms with Crippen LogP contribution >= 0.6 is 0 Å². The van der Waals surface area contributed by atoms with Gasteiger partial charge in [0.25, 0.3) is 5.56 Å². The van der Waals surface area contributed by atoms with E-state index in [2.05, 4.69) is 22.8 Å². The first-order chi connectivity index (χ1) is 16.6. The van der Waals surface area contributed by atoms with Gasteiger partial charge < -0.3 is 19.9 Å². The van der Waals surface area contributed by atoms with Crippen molar-refractivity contribution in [2.75, 3.05) is 25.1 Å². The third-order valence-electron chi connectivity index (χ3n) is 6.54. The SMILES string of the molecule is CC#CCn1c(N2CCCC(N)C2)nc2ccn(Cc3ccc(OC)c4ccccc34)c(=O)c21. The van der Waals surface area contributed by atoms with E-state index in [0.29, 0.717) is 24.1 Å². The fraction of sp³-hybridized carbons (Fsp3) is 0.333. The predicted octanol–water partition coefficient (Wildman–Crippen LogP) is 3.36. The molecule has 1 aliphatic heterocycles. The molecule has 34 heavy (non-hydrogen) atoms. The van der Waals surface area contributed by atoms with Gasteiger partial charge in [0, 0.05) is 30.7 Å². The number of hydrogen-bond donors (Lipinski definition) is 1. The molecule has 1 saturated heterocycles. The highest BCUT2D eigenvalue weighted by molar-refractivity contribution is 5.91. The van der Waals surface area contributed by atoms with Crippen LogP contribution in [0.15, 0.2) is 53.5 Å². The van der Waals surface area contributed by atoms with E-state index in [9.17, 15) is 4.79 Å².